The number of carbonyl (C=O) groups is 2. The highest BCUT2D eigenvalue weighted by atomic mass is 32.1. The minimum Gasteiger partial charge on any atom is -0.495 e. The molecule has 4 aromatic heterocycles. The van der Waals surface area contributed by atoms with E-state index in [0.717, 1.165) is 0 Å². The summed E-state index contributed by atoms with van der Waals surface area (Å²) in [6.07, 6.45) is 4.38. The fraction of sp³-hybridized carbons (Fsp3) is 0.217. The van der Waals surface area contributed by atoms with Crippen LogP contribution in [0.25, 0.3) is 16.2 Å². The van der Waals surface area contributed by atoms with Crippen molar-refractivity contribution in [3.63, 3.8) is 0 Å². The van der Waals surface area contributed by atoms with Crippen molar-refractivity contribution < 1.29 is 19.4 Å². The Morgan fingerprint density at radius 1 is 1.26 bits per heavy atom. The molecule has 1 amide bonds. The molecule has 1 saturated heterocycles. The third-order valence-corrected chi connectivity index (χ3v) is 6.57. The lowest BCUT2D eigenvalue weighted by Crippen LogP contribution is -2.52. The van der Waals surface area contributed by atoms with E-state index in [1.807, 2.05) is 4.90 Å². The van der Waals surface area contributed by atoms with E-state index in [0.29, 0.717) is 46.8 Å². The highest BCUT2D eigenvalue weighted by Gasteiger charge is 2.34. The quantitative estimate of drug-likeness (QED) is 0.415. The van der Waals surface area contributed by atoms with Gasteiger partial charge in [0, 0.05) is 30.9 Å². The van der Waals surface area contributed by atoms with Gasteiger partial charge in [-0.2, -0.15) is 0 Å². The van der Waals surface area contributed by atoms with Crippen LogP contribution in [0.3, 0.4) is 0 Å². The van der Waals surface area contributed by atoms with Crippen molar-refractivity contribution in [1.29, 1.82) is 0 Å². The Balaban J connectivity index is 1.42. The van der Waals surface area contributed by atoms with Gasteiger partial charge >= 0.3 is 5.97 Å². The first-order valence-corrected chi connectivity index (χ1v) is 11.5. The maximum Gasteiger partial charge on any atom is 0.341 e. The molecule has 0 unspecified atom stereocenters. The Labute approximate surface area is 202 Å². The number of fused-ring (bicyclic) bond motifs is 1. The van der Waals surface area contributed by atoms with E-state index >= 15 is 0 Å². The maximum absolute atomic E-state index is 12.9. The molecule has 1 fully saturated rings. The third kappa shape index (κ3) is 4.08. The number of carboxylic acid groups (broad SMARTS) is 1. The molecule has 1 aliphatic rings. The number of methoxy groups -OCH3 is 1. The number of rotatable bonds is 6. The van der Waals surface area contributed by atoms with Crippen molar-refractivity contribution >= 4 is 45.9 Å². The molecule has 0 atom stereocenters. The van der Waals surface area contributed by atoms with Gasteiger partial charge in [0.05, 0.1) is 24.6 Å². The Morgan fingerprint density at radius 2 is 2.06 bits per heavy atom. The fourth-order valence-corrected chi connectivity index (χ4v) is 4.52. The molecular formula is C23H20N6O5S. The zero-order chi connectivity index (χ0) is 24.7. The molecule has 5 rings (SSSR count). The van der Waals surface area contributed by atoms with Gasteiger partial charge in [-0.1, -0.05) is 0 Å². The maximum atomic E-state index is 12.9. The van der Waals surface area contributed by atoms with Crippen molar-refractivity contribution in [2.75, 3.05) is 30.4 Å². The molecule has 178 valence electrons. The molecule has 0 bridgehead atoms. The number of aromatic carboxylic acids is 1. The lowest BCUT2D eigenvalue weighted by atomic mass is 9.98. The number of nitrogens with one attached hydrogen (secondary N) is 1. The largest absolute Gasteiger partial charge is 0.495 e. The van der Waals surface area contributed by atoms with Gasteiger partial charge in [-0.3, -0.25) is 14.2 Å². The van der Waals surface area contributed by atoms with E-state index in [-0.39, 0.29) is 22.8 Å². The molecular weight excluding hydrogens is 472 g/mol. The number of aromatic nitrogens is 4. The second-order valence-corrected chi connectivity index (χ2v) is 8.91. The number of carbonyl (C=O) groups excluding carboxylic acids is 1. The topological polar surface area (TPSA) is 140 Å². The van der Waals surface area contributed by atoms with Crippen molar-refractivity contribution in [3.8, 4) is 10.9 Å². The van der Waals surface area contributed by atoms with Crippen molar-refractivity contribution in [3.05, 3.63) is 63.5 Å². The van der Waals surface area contributed by atoms with Crippen LogP contribution < -0.4 is 20.4 Å². The molecule has 35 heavy (non-hydrogen) atoms. The van der Waals surface area contributed by atoms with Gasteiger partial charge in [0.25, 0.3) is 0 Å². The van der Waals surface area contributed by atoms with Crippen LogP contribution in [0.1, 0.15) is 15.9 Å². The van der Waals surface area contributed by atoms with Crippen LogP contribution in [0.5, 0.6) is 5.75 Å². The zero-order valence-corrected chi connectivity index (χ0v) is 19.6. The van der Waals surface area contributed by atoms with Crippen LogP contribution >= 0.6 is 11.3 Å². The summed E-state index contributed by atoms with van der Waals surface area (Å²) >= 11 is 1.30. The molecule has 4 aromatic rings. The lowest BCUT2D eigenvalue weighted by molar-refractivity contribution is -0.120. The summed E-state index contributed by atoms with van der Waals surface area (Å²) in [5.74, 6) is -0.0876. The molecule has 0 saturated carbocycles. The van der Waals surface area contributed by atoms with Crippen LogP contribution in [0.4, 0.5) is 11.6 Å². The fourth-order valence-electron chi connectivity index (χ4n) is 3.91. The Kier molecular flexibility index (Phi) is 5.65. The molecule has 5 heterocycles. The number of amides is 1. The predicted octanol–water partition coefficient (Wildman–Crippen LogP) is 2.33. The van der Waals surface area contributed by atoms with Crippen molar-refractivity contribution in [2.24, 2.45) is 5.92 Å². The molecule has 2 N–H and O–H groups in total. The number of hydrogen-bond donors (Lipinski definition) is 2. The monoisotopic (exact) mass is 492 g/mol. The van der Waals surface area contributed by atoms with Gasteiger partial charge in [0.1, 0.15) is 22.9 Å². The van der Waals surface area contributed by atoms with Crippen LogP contribution in [0.2, 0.25) is 0 Å². The number of ether oxygens (including phenoxy) is 1. The summed E-state index contributed by atoms with van der Waals surface area (Å²) in [4.78, 5) is 52.2. The van der Waals surface area contributed by atoms with Crippen molar-refractivity contribution in [1.82, 2.24) is 19.5 Å². The van der Waals surface area contributed by atoms with Gasteiger partial charge in [-0.25, -0.2) is 19.7 Å². The van der Waals surface area contributed by atoms with E-state index in [4.69, 9.17) is 4.74 Å². The number of anilines is 2. The molecule has 11 nitrogen and oxygen atoms in total. The van der Waals surface area contributed by atoms with Gasteiger partial charge in [-0.15, -0.1) is 11.3 Å². The summed E-state index contributed by atoms with van der Waals surface area (Å²) in [5.41, 5.74) is -0.0260. The van der Waals surface area contributed by atoms with Gasteiger partial charge < -0.3 is 20.1 Å². The Morgan fingerprint density at radius 3 is 2.69 bits per heavy atom. The van der Waals surface area contributed by atoms with Gasteiger partial charge in [-0.05, 0) is 30.7 Å². The van der Waals surface area contributed by atoms with E-state index in [9.17, 15) is 19.5 Å². The molecule has 12 heteroatoms. The number of thiazole rings is 1. The number of pyridine rings is 3. The van der Waals surface area contributed by atoms with Gasteiger partial charge in [0.15, 0.2) is 10.8 Å². The second kappa shape index (κ2) is 8.80. The molecule has 0 aromatic carbocycles. The number of carboxylic acids is 1. The number of nitrogens with zero attached hydrogens (tertiary/aromatic N) is 5. The first-order valence-electron chi connectivity index (χ1n) is 10.6. The van der Waals surface area contributed by atoms with E-state index < -0.39 is 11.4 Å². The average molecular weight is 493 g/mol. The predicted molar refractivity (Wildman–Crippen MR) is 130 cm³/mol. The smallest absolute Gasteiger partial charge is 0.341 e. The van der Waals surface area contributed by atoms with Crippen LogP contribution in [0.15, 0.2) is 47.0 Å². The van der Waals surface area contributed by atoms with Crippen LogP contribution in [0, 0.1) is 12.8 Å². The summed E-state index contributed by atoms with van der Waals surface area (Å²) < 4.78 is 6.60. The van der Waals surface area contributed by atoms with E-state index in [2.05, 4.69) is 20.3 Å². The van der Waals surface area contributed by atoms with Crippen molar-refractivity contribution in [2.45, 2.75) is 6.92 Å². The van der Waals surface area contributed by atoms with Crippen LogP contribution in [-0.4, -0.2) is 56.7 Å². The summed E-state index contributed by atoms with van der Waals surface area (Å²) in [6.45, 7) is 2.62. The first-order chi connectivity index (χ1) is 16.9. The SMILES string of the molecule is COc1ccc(NC(=O)C2CN(c3cc(C)c4c(=O)c(C(=O)O)cn(-c5nccs5)c4n3)C2)nc1. The molecule has 0 aliphatic carbocycles. The second-order valence-electron chi connectivity index (χ2n) is 8.03. The average Bonchev–Trinajstić information content (AvgIpc) is 3.33. The Bertz CT molecular complexity index is 1490. The highest BCUT2D eigenvalue weighted by Crippen LogP contribution is 2.29. The third-order valence-electron chi connectivity index (χ3n) is 5.80. The standard InChI is InChI=1S/C23H20N6O5S/c1-12-7-17(28-9-13(10-28)21(31)26-16-4-3-14(34-2)8-25-16)27-20-18(12)19(30)15(22(32)33)11-29(20)23-24-5-6-35-23/h3-8,11,13H,9-10H2,1-2H3,(H,32,33)(H,25,26,31). The minimum atomic E-state index is -1.31. The number of aryl methyl sites for hydroxylation is 1. The molecule has 0 radical (unpaired) electrons. The Hall–Kier alpha value is -4.32. The molecule has 1 aliphatic heterocycles. The normalized spacial score (nSPS) is 13.5. The van der Waals surface area contributed by atoms with E-state index in [1.165, 1.54) is 28.3 Å². The first kappa shape index (κ1) is 22.5. The minimum absolute atomic E-state index is 0.151. The lowest BCUT2D eigenvalue weighted by Gasteiger charge is -2.39. The molecule has 0 spiro atoms. The number of hydrogen-bond acceptors (Lipinski definition) is 9. The highest BCUT2D eigenvalue weighted by molar-refractivity contribution is 7.12. The summed E-state index contributed by atoms with van der Waals surface area (Å²) in [6, 6.07) is 5.13. The zero-order valence-electron chi connectivity index (χ0n) is 18.8. The summed E-state index contributed by atoms with van der Waals surface area (Å²) in [5, 5.41) is 14.8. The van der Waals surface area contributed by atoms with E-state index in [1.54, 1.807) is 43.8 Å². The van der Waals surface area contributed by atoms with Gasteiger partial charge in [0.2, 0.25) is 11.3 Å². The summed E-state index contributed by atoms with van der Waals surface area (Å²) in [7, 11) is 1.54. The van der Waals surface area contributed by atoms with Crippen LogP contribution in [-0.2, 0) is 4.79 Å².